The maximum Gasteiger partial charge on any atom is 0.251 e. The number of sulfone groups is 1. The lowest BCUT2D eigenvalue weighted by Crippen LogP contribution is -2.35. The van der Waals surface area contributed by atoms with Crippen LogP contribution < -0.4 is 10.1 Å². The molecule has 1 fully saturated rings. The predicted molar refractivity (Wildman–Crippen MR) is 91.3 cm³/mol. The Balaban J connectivity index is 1.57. The van der Waals surface area contributed by atoms with E-state index in [0.717, 1.165) is 17.0 Å². The minimum absolute atomic E-state index is 0.0113. The van der Waals surface area contributed by atoms with E-state index in [1.807, 2.05) is 13.8 Å². The summed E-state index contributed by atoms with van der Waals surface area (Å²) in [6.07, 6.45) is 0.465. The molecular formula is C17H20N2O5S. The zero-order valence-electron chi connectivity index (χ0n) is 14.1. The van der Waals surface area contributed by atoms with E-state index in [9.17, 15) is 13.2 Å². The van der Waals surface area contributed by atoms with E-state index in [1.165, 1.54) is 0 Å². The van der Waals surface area contributed by atoms with Crippen LogP contribution in [0.15, 0.2) is 28.8 Å². The number of aryl methyl sites for hydroxylation is 2. The molecule has 1 saturated heterocycles. The fraction of sp³-hybridized carbons (Fsp3) is 0.412. The van der Waals surface area contributed by atoms with Crippen LogP contribution in [0.5, 0.6) is 5.75 Å². The molecule has 8 heteroatoms. The van der Waals surface area contributed by atoms with Crippen molar-refractivity contribution >= 4 is 15.7 Å². The Bertz CT molecular complexity index is 851. The lowest BCUT2D eigenvalue weighted by Gasteiger charge is -2.11. The Hall–Kier alpha value is -2.35. The van der Waals surface area contributed by atoms with Gasteiger partial charge in [0.25, 0.3) is 5.91 Å². The van der Waals surface area contributed by atoms with Gasteiger partial charge >= 0.3 is 0 Å². The van der Waals surface area contributed by atoms with Crippen molar-refractivity contribution in [3.63, 3.8) is 0 Å². The average molecular weight is 364 g/mol. The number of amides is 1. The number of nitrogens with one attached hydrogen (secondary N) is 1. The Morgan fingerprint density at radius 3 is 2.60 bits per heavy atom. The third-order valence-corrected chi connectivity index (χ3v) is 6.02. The van der Waals surface area contributed by atoms with E-state index >= 15 is 0 Å². The van der Waals surface area contributed by atoms with Crippen LogP contribution >= 0.6 is 0 Å². The van der Waals surface area contributed by atoms with Crippen LogP contribution in [0.1, 0.15) is 33.8 Å². The number of aromatic nitrogens is 1. The summed E-state index contributed by atoms with van der Waals surface area (Å²) in [5, 5.41) is 6.63. The van der Waals surface area contributed by atoms with Crippen LogP contribution in [0, 0.1) is 13.8 Å². The van der Waals surface area contributed by atoms with Crippen molar-refractivity contribution in [2.45, 2.75) is 32.9 Å². The Kier molecular flexibility index (Phi) is 4.80. The Morgan fingerprint density at radius 2 is 2.04 bits per heavy atom. The number of ether oxygens (including phenoxy) is 1. The van der Waals surface area contributed by atoms with Gasteiger partial charge < -0.3 is 14.6 Å². The predicted octanol–water partition coefficient (Wildman–Crippen LogP) is 1.79. The zero-order chi connectivity index (χ0) is 18.0. The molecule has 0 radical (unpaired) electrons. The maximum absolute atomic E-state index is 12.2. The molecule has 25 heavy (non-hydrogen) atoms. The highest BCUT2D eigenvalue weighted by atomic mass is 32.2. The van der Waals surface area contributed by atoms with Gasteiger partial charge in [-0.2, -0.15) is 0 Å². The molecule has 0 bridgehead atoms. The van der Waals surface area contributed by atoms with Crippen molar-refractivity contribution in [1.29, 1.82) is 0 Å². The lowest BCUT2D eigenvalue weighted by atomic mass is 10.1. The van der Waals surface area contributed by atoms with Crippen LogP contribution in [0.3, 0.4) is 0 Å². The van der Waals surface area contributed by atoms with Crippen LogP contribution in [0.2, 0.25) is 0 Å². The molecule has 0 saturated carbocycles. The number of nitrogens with zero attached hydrogens (tertiary/aromatic N) is 1. The largest absolute Gasteiger partial charge is 0.489 e. The minimum atomic E-state index is -3.01. The van der Waals surface area contributed by atoms with Gasteiger partial charge in [-0.1, -0.05) is 5.16 Å². The third kappa shape index (κ3) is 4.19. The summed E-state index contributed by atoms with van der Waals surface area (Å²) in [6.45, 7) is 4.02. The standard InChI is InChI=1S/C17H20N2O5S/c1-11-16(12(2)24-19-11)9-23-15-5-3-13(4-6-15)17(20)18-14-7-8-25(21,22)10-14/h3-6,14H,7-10H2,1-2H3,(H,18,20). The smallest absolute Gasteiger partial charge is 0.251 e. The van der Waals surface area contributed by atoms with Gasteiger partial charge in [0, 0.05) is 11.6 Å². The van der Waals surface area contributed by atoms with Crippen LogP contribution in [0.25, 0.3) is 0 Å². The van der Waals surface area contributed by atoms with Crippen molar-refractivity contribution in [3.05, 3.63) is 46.8 Å². The highest BCUT2D eigenvalue weighted by molar-refractivity contribution is 7.91. The van der Waals surface area contributed by atoms with Gasteiger partial charge in [0.15, 0.2) is 9.84 Å². The molecule has 1 N–H and O–H groups in total. The fourth-order valence-electron chi connectivity index (χ4n) is 2.74. The molecule has 2 heterocycles. The number of hydrogen-bond donors (Lipinski definition) is 1. The van der Waals surface area contributed by atoms with Crippen molar-refractivity contribution in [2.24, 2.45) is 0 Å². The molecule has 1 aliphatic heterocycles. The van der Waals surface area contributed by atoms with E-state index < -0.39 is 9.84 Å². The monoisotopic (exact) mass is 364 g/mol. The molecule has 1 atom stereocenters. The average Bonchev–Trinajstić information content (AvgIpc) is 3.07. The van der Waals surface area contributed by atoms with Crippen LogP contribution in [0.4, 0.5) is 0 Å². The lowest BCUT2D eigenvalue weighted by molar-refractivity contribution is 0.0941. The van der Waals surface area contributed by atoms with Gasteiger partial charge in [-0.25, -0.2) is 8.42 Å². The fourth-order valence-corrected chi connectivity index (χ4v) is 4.42. The van der Waals surface area contributed by atoms with E-state index in [2.05, 4.69) is 10.5 Å². The molecule has 134 valence electrons. The second-order valence-electron chi connectivity index (χ2n) is 6.19. The SMILES string of the molecule is Cc1noc(C)c1COc1ccc(C(=O)NC2CCS(=O)(=O)C2)cc1. The van der Waals surface area contributed by atoms with Crippen molar-refractivity contribution in [1.82, 2.24) is 10.5 Å². The summed E-state index contributed by atoms with van der Waals surface area (Å²) >= 11 is 0. The molecular weight excluding hydrogens is 344 g/mol. The van der Waals surface area contributed by atoms with Gasteiger partial charge in [-0.15, -0.1) is 0 Å². The third-order valence-electron chi connectivity index (χ3n) is 4.25. The molecule has 1 aliphatic rings. The highest BCUT2D eigenvalue weighted by Crippen LogP contribution is 2.18. The molecule has 1 unspecified atom stereocenters. The summed E-state index contributed by atoms with van der Waals surface area (Å²) < 4.78 is 33.7. The van der Waals surface area contributed by atoms with Crippen molar-refractivity contribution in [2.75, 3.05) is 11.5 Å². The van der Waals surface area contributed by atoms with Gasteiger partial charge in [0.05, 0.1) is 22.8 Å². The number of hydrogen-bond acceptors (Lipinski definition) is 6. The zero-order valence-corrected chi connectivity index (χ0v) is 14.9. The first-order valence-electron chi connectivity index (χ1n) is 8.00. The van der Waals surface area contributed by atoms with Crippen LogP contribution in [-0.2, 0) is 16.4 Å². The van der Waals surface area contributed by atoms with Crippen molar-refractivity contribution in [3.8, 4) is 5.75 Å². The summed E-state index contributed by atoms with van der Waals surface area (Å²) in [4.78, 5) is 12.2. The van der Waals surface area contributed by atoms with E-state index in [-0.39, 0.29) is 23.5 Å². The van der Waals surface area contributed by atoms with E-state index in [0.29, 0.717) is 24.3 Å². The van der Waals surface area contributed by atoms with E-state index in [4.69, 9.17) is 9.26 Å². The quantitative estimate of drug-likeness (QED) is 0.868. The summed E-state index contributed by atoms with van der Waals surface area (Å²) in [7, 11) is -3.01. The number of carbonyl (C=O) groups excluding carboxylic acids is 1. The summed E-state index contributed by atoms with van der Waals surface area (Å²) in [5.74, 6) is 1.21. The highest BCUT2D eigenvalue weighted by Gasteiger charge is 2.29. The topological polar surface area (TPSA) is 98.5 Å². The second-order valence-corrected chi connectivity index (χ2v) is 8.42. The number of benzene rings is 1. The van der Waals surface area contributed by atoms with E-state index in [1.54, 1.807) is 24.3 Å². The number of rotatable bonds is 5. The molecule has 0 spiro atoms. The molecule has 0 aliphatic carbocycles. The molecule has 1 aromatic heterocycles. The first-order chi connectivity index (χ1) is 11.8. The normalized spacial score (nSPS) is 18.9. The first kappa shape index (κ1) is 17.5. The van der Waals surface area contributed by atoms with Gasteiger partial charge in [-0.05, 0) is 44.5 Å². The second kappa shape index (κ2) is 6.87. The molecule has 7 nitrogen and oxygen atoms in total. The molecule has 1 aromatic carbocycles. The number of carbonyl (C=O) groups is 1. The van der Waals surface area contributed by atoms with Gasteiger partial charge in [0.1, 0.15) is 18.1 Å². The molecule has 3 rings (SSSR count). The molecule has 2 aromatic rings. The van der Waals surface area contributed by atoms with Gasteiger partial charge in [-0.3, -0.25) is 4.79 Å². The Morgan fingerprint density at radius 1 is 1.32 bits per heavy atom. The minimum Gasteiger partial charge on any atom is -0.489 e. The first-order valence-corrected chi connectivity index (χ1v) is 9.82. The summed E-state index contributed by atoms with van der Waals surface area (Å²) in [6, 6.07) is 6.41. The van der Waals surface area contributed by atoms with Crippen LogP contribution in [-0.4, -0.2) is 37.0 Å². The molecule has 1 amide bonds. The Labute approximate surface area is 146 Å². The van der Waals surface area contributed by atoms with Gasteiger partial charge in [0.2, 0.25) is 0 Å². The maximum atomic E-state index is 12.2. The van der Waals surface area contributed by atoms with Crippen molar-refractivity contribution < 1.29 is 22.5 Å². The summed E-state index contributed by atoms with van der Waals surface area (Å²) in [5.41, 5.74) is 2.17.